The number of sulfonamides is 1. The zero-order valence-corrected chi connectivity index (χ0v) is 16.8. The highest BCUT2D eigenvalue weighted by atomic mass is 79.9. The van der Waals surface area contributed by atoms with Crippen molar-refractivity contribution in [3.05, 3.63) is 22.4 Å². The van der Waals surface area contributed by atoms with Crippen LogP contribution in [0.4, 0.5) is 0 Å². The first kappa shape index (κ1) is 18.6. The second kappa shape index (κ2) is 5.92. The molecule has 138 valence electrons. The van der Waals surface area contributed by atoms with E-state index < -0.39 is 21.3 Å². The first-order valence-corrected chi connectivity index (χ1v) is 10.6. The van der Waals surface area contributed by atoms with Gasteiger partial charge in [-0.1, -0.05) is 13.8 Å². The minimum Gasteiger partial charge on any atom is -0.345 e. The van der Waals surface area contributed by atoms with Crippen LogP contribution < -0.4 is 10.3 Å². The van der Waals surface area contributed by atoms with Crippen molar-refractivity contribution in [2.45, 2.75) is 33.1 Å². The summed E-state index contributed by atoms with van der Waals surface area (Å²) in [7, 11) is -2.16. The molecule has 3 rings (SSSR count). The van der Waals surface area contributed by atoms with Crippen LogP contribution in [0.1, 0.15) is 43.6 Å². The molecule has 2 saturated carbocycles. The molecule has 25 heavy (non-hydrogen) atoms. The van der Waals surface area contributed by atoms with Crippen LogP contribution in [0, 0.1) is 16.7 Å². The number of nitrogens with one attached hydrogen (secondary N) is 2. The Balaban J connectivity index is 1.72. The molecule has 2 aliphatic carbocycles. The van der Waals surface area contributed by atoms with Crippen molar-refractivity contribution in [3.8, 4) is 0 Å². The number of carbonyl (C=O) groups excluding carboxylic acids is 2. The largest absolute Gasteiger partial charge is 0.345 e. The third-order valence-corrected chi connectivity index (χ3v) is 7.82. The van der Waals surface area contributed by atoms with Gasteiger partial charge < -0.3 is 4.57 Å². The summed E-state index contributed by atoms with van der Waals surface area (Å²) >= 11 is 3.26. The lowest BCUT2D eigenvalue weighted by molar-refractivity contribution is -0.128. The van der Waals surface area contributed by atoms with E-state index in [1.807, 2.05) is 13.8 Å². The standard InChI is InChI=1S/C16H22BrN3O4S/c1-15(2)10-4-5-16(15,13(21)6-10)9-25(23,24)19-18-14(22)12-7-11(17)8-20(12)3/h7-8,10,19H,4-6,9H2,1-3H3,(H,18,22). The van der Waals surface area contributed by atoms with E-state index in [0.717, 1.165) is 10.9 Å². The Morgan fingerprint density at radius 1 is 1.44 bits per heavy atom. The molecule has 2 fully saturated rings. The fourth-order valence-corrected chi connectivity index (χ4v) is 6.58. The molecule has 7 nitrogen and oxygen atoms in total. The zero-order chi connectivity index (χ0) is 18.6. The predicted octanol–water partition coefficient (Wildman–Crippen LogP) is 1.75. The highest BCUT2D eigenvalue weighted by Gasteiger charge is 2.65. The molecule has 2 atom stereocenters. The molecule has 0 spiro atoms. The molecule has 2 unspecified atom stereocenters. The smallest absolute Gasteiger partial charge is 0.282 e. The van der Waals surface area contributed by atoms with Crippen molar-refractivity contribution in [2.75, 3.05) is 5.75 Å². The normalized spacial score (nSPS) is 27.7. The average Bonchev–Trinajstić information content (AvgIpc) is 3.01. The van der Waals surface area contributed by atoms with Crippen LogP contribution in [-0.4, -0.2) is 30.4 Å². The lowest BCUT2D eigenvalue weighted by Gasteiger charge is -2.36. The van der Waals surface area contributed by atoms with Crippen LogP contribution in [0.3, 0.4) is 0 Å². The van der Waals surface area contributed by atoms with E-state index in [1.54, 1.807) is 23.9 Å². The second-order valence-electron chi connectivity index (χ2n) is 7.64. The molecule has 2 N–H and O–H groups in total. The summed E-state index contributed by atoms with van der Waals surface area (Å²) in [5.41, 5.74) is 1.35. The Morgan fingerprint density at radius 2 is 2.12 bits per heavy atom. The molecule has 2 aliphatic rings. The van der Waals surface area contributed by atoms with Crippen molar-refractivity contribution >= 4 is 37.6 Å². The number of aryl methyl sites for hydroxylation is 1. The third kappa shape index (κ3) is 2.96. The van der Waals surface area contributed by atoms with Gasteiger partial charge in [-0.2, -0.15) is 0 Å². The van der Waals surface area contributed by atoms with E-state index in [-0.39, 0.29) is 22.9 Å². The van der Waals surface area contributed by atoms with E-state index in [1.165, 1.54) is 0 Å². The highest BCUT2D eigenvalue weighted by Crippen LogP contribution is 2.64. The third-order valence-electron chi connectivity index (χ3n) is 6.10. The Kier molecular flexibility index (Phi) is 4.40. The lowest BCUT2D eigenvalue weighted by atomic mass is 9.70. The number of carbonyl (C=O) groups is 2. The summed E-state index contributed by atoms with van der Waals surface area (Å²) < 4.78 is 27.4. The molecule has 0 aromatic carbocycles. The number of fused-ring (bicyclic) bond motifs is 2. The molecular formula is C16H22BrN3O4S. The van der Waals surface area contributed by atoms with Crippen molar-refractivity contribution in [1.29, 1.82) is 0 Å². The number of hydrogen-bond acceptors (Lipinski definition) is 4. The molecule has 2 bridgehead atoms. The predicted molar refractivity (Wildman–Crippen MR) is 96.1 cm³/mol. The van der Waals surface area contributed by atoms with Gasteiger partial charge in [0, 0.05) is 29.6 Å². The van der Waals surface area contributed by atoms with E-state index >= 15 is 0 Å². The van der Waals surface area contributed by atoms with E-state index in [2.05, 4.69) is 26.2 Å². The number of halogens is 1. The summed E-state index contributed by atoms with van der Waals surface area (Å²) in [4.78, 5) is 26.8. The van der Waals surface area contributed by atoms with Crippen LogP contribution in [-0.2, 0) is 21.9 Å². The first-order chi connectivity index (χ1) is 11.5. The van der Waals surface area contributed by atoms with Gasteiger partial charge >= 0.3 is 0 Å². The maximum absolute atomic E-state index is 12.5. The van der Waals surface area contributed by atoms with Gasteiger partial charge in [0.1, 0.15) is 11.5 Å². The van der Waals surface area contributed by atoms with Crippen molar-refractivity contribution in [3.63, 3.8) is 0 Å². The molecule has 0 saturated heterocycles. The van der Waals surface area contributed by atoms with Crippen LogP contribution in [0.25, 0.3) is 0 Å². The molecule has 0 aliphatic heterocycles. The van der Waals surface area contributed by atoms with Gasteiger partial charge in [-0.15, -0.1) is 4.83 Å². The SMILES string of the molecule is Cn1cc(Br)cc1C(=O)NNS(=O)(=O)CC12CCC(CC1=O)C2(C)C. The van der Waals surface area contributed by atoms with E-state index in [0.29, 0.717) is 18.5 Å². The van der Waals surface area contributed by atoms with Crippen molar-refractivity contribution < 1.29 is 18.0 Å². The van der Waals surface area contributed by atoms with Crippen LogP contribution >= 0.6 is 15.9 Å². The second-order valence-corrected chi connectivity index (χ2v) is 10.3. The van der Waals surface area contributed by atoms with Crippen LogP contribution in [0.5, 0.6) is 0 Å². The van der Waals surface area contributed by atoms with Crippen LogP contribution in [0.2, 0.25) is 0 Å². The first-order valence-electron chi connectivity index (χ1n) is 8.13. The van der Waals surface area contributed by atoms with Gasteiger partial charge in [0.2, 0.25) is 10.0 Å². The number of hydrazine groups is 1. The fourth-order valence-electron chi connectivity index (χ4n) is 4.41. The summed E-state index contributed by atoms with van der Waals surface area (Å²) in [6, 6.07) is 1.59. The molecule has 1 aromatic rings. The summed E-state index contributed by atoms with van der Waals surface area (Å²) in [5, 5.41) is 0. The number of rotatable bonds is 5. The number of hydrogen-bond donors (Lipinski definition) is 2. The Bertz CT molecular complexity index is 846. The fraction of sp³-hybridized carbons (Fsp3) is 0.625. The van der Waals surface area contributed by atoms with Gasteiger partial charge in [-0.3, -0.25) is 15.0 Å². The Labute approximate surface area is 155 Å². The molecule has 9 heteroatoms. The quantitative estimate of drug-likeness (QED) is 0.693. The average molecular weight is 432 g/mol. The molecule has 1 heterocycles. The zero-order valence-electron chi connectivity index (χ0n) is 14.4. The topological polar surface area (TPSA) is 97.3 Å². The summed E-state index contributed by atoms with van der Waals surface area (Å²) in [6.07, 6.45) is 3.61. The summed E-state index contributed by atoms with van der Waals surface area (Å²) in [5.74, 6) is -0.586. The minimum atomic E-state index is -3.85. The number of Topliss-reactive ketones (excluding diaryl/α,β-unsaturated/α-hetero) is 1. The van der Waals surface area contributed by atoms with Gasteiger partial charge in [0.25, 0.3) is 5.91 Å². The Morgan fingerprint density at radius 3 is 2.60 bits per heavy atom. The van der Waals surface area contributed by atoms with Gasteiger partial charge in [0.05, 0.1) is 5.75 Å². The van der Waals surface area contributed by atoms with E-state index in [9.17, 15) is 18.0 Å². The number of aromatic nitrogens is 1. The Hall–Kier alpha value is -1.19. The lowest BCUT2D eigenvalue weighted by Crippen LogP contribution is -2.49. The number of nitrogens with zero attached hydrogens (tertiary/aromatic N) is 1. The highest BCUT2D eigenvalue weighted by molar-refractivity contribution is 9.10. The van der Waals surface area contributed by atoms with Crippen molar-refractivity contribution in [1.82, 2.24) is 14.8 Å². The molecule has 1 aromatic heterocycles. The van der Waals surface area contributed by atoms with Gasteiger partial charge in [-0.25, -0.2) is 8.42 Å². The molecule has 0 radical (unpaired) electrons. The monoisotopic (exact) mass is 431 g/mol. The van der Waals surface area contributed by atoms with Crippen LogP contribution in [0.15, 0.2) is 16.7 Å². The maximum Gasteiger partial charge on any atom is 0.282 e. The maximum atomic E-state index is 12.5. The van der Waals surface area contributed by atoms with E-state index in [4.69, 9.17) is 0 Å². The van der Waals surface area contributed by atoms with Gasteiger partial charge in [-0.05, 0) is 46.2 Å². The number of amides is 1. The summed E-state index contributed by atoms with van der Waals surface area (Å²) in [6.45, 7) is 3.95. The number of ketones is 1. The molecule has 1 amide bonds. The van der Waals surface area contributed by atoms with Gasteiger partial charge in [0.15, 0.2) is 0 Å². The minimum absolute atomic E-state index is 0.0248. The molecular weight excluding hydrogens is 410 g/mol. The van der Waals surface area contributed by atoms with Crippen molar-refractivity contribution in [2.24, 2.45) is 23.8 Å².